The van der Waals surface area contributed by atoms with Crippen LogP contribution in [0.1, 0.15) is 16.5 Å². The molecule has 1 N–H and O–H groups in total. The Bertz CT molecular complexity index is 982. The summed E-state index contributed by atoms with van der Waals surface area (Å²) >= 11 is 10.9. The maximum absolute atomic E-state index is 13.0. The van der Waals surface area contributed by atoms with Gasteiger partial charge in [-0.3, -0.25) is 14.4 Å². The zero-order valence-electron chi connectivity index (χ0n) is 14.8. The maximum atomic E-state index is 13.0. The van der Waals surface area contributed by atoms with Gasteiger partial charge < -0.3 is 10.2 Å². The van der Waals surface area contributed by atoms with E-state index < -0.39 is 23.8 Å². The van der Waals surface area contributed by atoms with Gasteiger partial charge in [0.05, 0.1) is 0 Å². The van der Waals surface area contributed by atoms with Crippen LogP contribution in [0.15, 0.2) is 46.9 Å². The highest BCUT2D eigenvalue weighted by Gasteiger charge is 2.56. The summed E-state index contributed by atoms with van der Waals surface area (Å²) in [7, 11) is 0. The lowest BCUT2D eigenvalue weighted by Crippen LogP contribution is -2.35. The van der Waals surface area contributed by atoms with E-state index in [1.807, 2.05) is 24.3 Å². The fraction of sp³-hybridized carbons (Fsp3) is 0.250. The van der Waals surface area contributed by atoms with Crippen LogP contribution in [0.25, 0.3) is 0 Å². The second kappa shape index (κ2) is 7.54. The summed E-state index contributed by atoms with van der Waals surface area (Å²) in [4.78, 5) is 40.2. The van der Waals surface area contributed by atoms with Gasteiger partial charge in [0.2, 0.25) is 11.8 Å². The third-order valence-corrected chi connectivity index (χ3v) is 7.07. The van der Waals surface area contributed by atoms with Crippen molar-refractivity contribution in [3.8, 4) is 0 Å². The second-order valence-corrected chi connectivity index (χ2v) is 9.25. The van der Waals surface area contributed by atoms with Crippen LogP contribution in [0.5, 0.6) is 0 Å². The smallest absolute Gasteiger partial charge is 0.244 e. The molecule has 3 atom stereocenters. The van der Waals surface area contributed by atoms with E-state index in [0.717, 1.165) is 15.6 Å². The SMILES string of the molecule is Cc1cc(Cl)ccc1NC(=O)C1C(=O)C2CSC(c3ccc(Br)cc3)N2C1=O. The molecule has 2 aromatic carbocycles. The number of halogens is 2. The molecule has 0 saturated carbocycles. The molecule has 2 aliphatic heterocycles. The lowest BCUT2D eigenvalue weighted by molar-refractivity contribution is -0.138. The number of rotatable bonds is 3. The lowest BCUT2D eigenvalue weighted by Gasteiger charge is -2.23. The summed E-state index contributed by atoms with van der Waals surface area (Å²) in [5, 5.41) is 3.01. The number of fused-ring (bicyclic) bond motifs is 1. The molecule has 2 aliphatic rings. The summed E-state index contributed by atoms with van der Waals surface area (Å²) in [6.45, 7) is 1.80. The molecule has 0 bridgehead atoms. The third-order valence-electron chi connectivity index (χ3n) is 4.98. The molecule has 0 aliphatic carbocycles. The predicted molar refractivity (Wildman–Crippen MR) is 113 cm³/mol. The summed E-state index contributed by atoms with van der Waals surface area (Å²) in [5.74, 6) is -2.17. The Balaban J connectivity index is 1.57. The van der Waals surface area contributed by atoms with E-state index in [4.69, 9.17) is 11.6 Å². The molecule has 144 valence electrons. The van der Waals surface area contributed by atoms with Gasteiger partial charge in [-0.15, -0.1) is 11.8 Å². The van der Waals surface area contributed by atoms with Crippen LogP contribution in [-0.2, 0) is 14.4 Å². The van der Waals surface area contributed by atoms with Crippen LogP contribution < -0.4 is 5.32 Å². The number of carbonyl (C=O) groups excluding carboxylic acids is 3. The van der Waals surface area contributed by atoms with E-state index in [1.54, 1.807) is 41.8 Å². The largest absolute Gasteiger partial charge is 0.325 e. The monoisotopic (exact) mass is 478 g/mol. The minimum absolute atomic E-state index is 0.260. The Hall–Kier alpha value is -1.83. The number of anilines is 1. The minimum atomic E-state index is -1.31. The summed E-state index contributed by atoms with van der Waals surface area (Å²) in [5.41, 5.74) is 2.25. The first-order valence-electron chi connectivity index (χ1n) is 8.67. The Morgan fingerprint density at radius 3 is 2.61 bits per heavy atom. The number of aryl methyl sites for hydroxylation is 1. The van der Waals surface area contributed by atoms with Crippen LogP contribution in [-0.4, -0.2) is 34.3 Å². The van der Waals surface area contributed by atoms with Gasteiger partial charge >= 0.3 is 0 Å². The number of thioether (sulfide) groups is 1. The molecule has 0 spiro atoms. The number of nitrogens with one attached hydrogen (secondary N) is 1. The molecule has 28 heavy (non-hydrogen) atoms. The molecular formula is C20H16BrClN2O3S. The maximum Gasteiger partial charge on any atom is 0.244 e. The summed E-state index contributed by atoms with van der Waals surface area (Å²) < 4.78 is 0.940. The Kier molecular flexibility index (Phi) is 5.24. The van der Waals surface area contributed by atoms with E-state index >= 15 is 0 Å². The van der Waals surface area contributed by atoms with Crippen LogP contribution in [0.2, 0.25) is 5.02 Å². The van der Waals surface area contributed by atoms with Gasteiger partial charge in [-0.25, -0.2) is 0 Å². The molecule has 5 nitrogen and oxygen atoms in total. The van der Waals surface area contributed by atoms with E-state index in [9.17, 15) is 14.4 Å². The van der Waals surface area contributed by atoms with Crippen LogP contribution >= 0.6 is 39.3 Å². The zero-order valence-corrected chi connectivity index (χ0v) is 18.0. The van der Waals surface area contributed by atoms with Gasteiger partial charge in [-0.2, -0.15) is 0 Å². The summed E-state index contributed by atoms with van der Waals surface area (Å²) in [6.07, 6.45) is 0. The number of hydrogen-bond acceptors (Lipinski definition) is 4. The van der Waals surface area contributed by atoms with Crippen LogP contribution in [0, 0.1) is 12.8 Å². The molecule has 2 amide bonds. The number of carbonyl (C=O) groups is 3. The van der Waals surface area contributed by atoms with Crippen molar-refractivity contribution in [1.82, 2.24) is 4.90 Å². The highest BCUT2D eigenvalue weighted by atomic mass is 79.9. The Labute approximate surface area is 179 Å². The van der Waals surface area contributed by atoms with Gasteiger partial charge in [0.1, 0.15) is 11.4 Å². The third kappa shape index (κ3) is 3.36. The topological polar surface area (TPSA) is 66.5 Å². The van der Waals surface area contributed by atoms with Crippen molar-refractivity contribution in [2.45, 2.75) is 18.3 Å². The first-order valence-corrected chi connectivity index (χ1v) is 10.9. The van der Waals surface area contributed by atoms with Crippen molar-refractivity contribution >= 4 is 62.6 Å². The van der Waals surface area contributed by atoms with Crippen molar-refractivity contribution in [3.05, 3.63) is 63.1 Å². The average molecular weight is 480 g/mol. The standard InChI is InChI=1S/C20H16BrClN2O3S/c1-10-8-13(22)6-7-14(10)23-18(26)16-17(25)15-9-28-20(24(15)19(16)27)11-2-4-12(21)5-3-11/h2-8,15-16,20H,9H2,1H3,(H,23,26). The number of hydrogen-bond donors (Lipinski definition) is 1. The predicted octanol–water partition coefficient (Wildman–Crippen LogP) is 4.19. The number of amides is 2. The number of Topliss-reactive ketones (excluding diaryl/α,β-unsaturated/α-hetero) is 1. The van der Waals surface area contributed by atoms with E-state index in [1.165, 1.54) is 0 Å². The molecule has 2 fully saturated rings. The molecule has 8 heteroatoms. The molecule has 4 rings (SSSR count). The van der Waals surface area contributed by atoms with Gasteiger partial charge in [0.15, 0.2) is 11.7 Å². The lowest BCUT2D eigenvalue weighted by atomic mass is 10.0. The molecule has 3 unspecified atom stereocenters. The fourth-order valence-electron chi connectivity index (χ4n) is 3.56. The first kappa shape index (κ1) is 19.5. The van der Waals surface area contributed by atoms with Gasteiger partial charge in [-0.1, -0.05) is 39.7 Å². The molecule has 0 aromatic heterocycles. The van der Waals surface area contributed by atoms with Gasteiger partial charge in [-0.05, 0) is 48.4 Å². The van der Waals surface area contributed by atoms with E-state index in [-0.39, 0.29) is 11.2 Å². The fourth-order valence-corrected chi connectivity index (χ4v) is 5.50. The highest BCUT2D eigenvalue weighted by Crippen LogP contribution is 2.46. The van der Waals surface area contributed by atoms with Crippen molar-refractivity contribution in [2.75, 3.05) is 11.1 Å². The van der Waals surface area contributed by atoms with Gasteiger partial charge in [0, 0.05) is 20.9 Å². The molecule has 2 aromatic rings. The van der Waals surface area contributed by atoms with Gasteiger partial charge in [0.25, 0.3) is 0 Å². The second-order valence-electron chi connectivity index (χ2n) is 6.78. The minimum Gasteiger partial charge on any atom is -0.325 e. The van der Waals surface area contributed by atoms with Crippen molar-refractivity contribution in [3.63, 3.8) is 0 Å². The normalized spacial score (nSPS) is 23.8. The van der Waals surface area contributed by atoms with Crippen molar-refractivity contribution < 1.29 is 14.4 Å². The summed E-state index contributed by atoms with van der Waals surface area (Å²) in [6, 6.07) is 12.1. The van der Waals surface area contributed by atoms with Crippen molar-refractivity contribution in [2.24, 2.45) is 5.92 Å². The van der Waals surface area contributed by atoms with Crippen molar-refractivity contribution in [1.29, 1.82) is 0 Å². The van der Waals surface area contributed by atoms with E-state index in [2.05, 4.69) is 21.2 Å². The molecule has 2 heterocycles. The molecule has 2 saturated heterocycles. The number of ketones is 1. The molecule has 0 radical (unpaired) electrons. The zero-order chi connectivity index (χ0) is 20.0. The number of benzene rings is 2. The molecular weight excluding hydrogens is 464 g/mol. The Morgan fingerprint density at radius 1 is 1.21 bits per heavy atom. The van der Waals surface area contributed by atoms with Crippen LogP contribution in [0.3, 0.4) is 0 Å². The highest BCUT2D eigenvalue weighted by molar-refractivity contribution is 9.10. The van der Waals surface area contributed by atoms with E-state index in [0.29, 0.717) is 16.5 Å². The first-order chi connectivity index (χ1) is 13.4. The number of nitrogens with zero attached hydrogens (tertiary/aromatic N) is 1. The quantitative estimate of drug-likeness (QED) is 0.670. The Morgan fingerprint density at radius 2 is 1.93 bits per heavy atom. The van der Waals surface area contributed by atoms with Crippen LogP contribution in [0.4, 0.5) is 5.69 Å². The average Bonchev–Trinajstić information content (AvgIpc) is 3.19.